The molecule has 0 aliphatic heterocycles. The molecule has 1 heteroatoms. The van der Waals surface area contributed by atoms with Gasteiger partial charge >= 0.3 is 0 Å². The summed E-state index contributed by atoms with van der Waals surface area (Å²) in [6.07, 6.45) is 3.72. The largest absolute Gasteiger partial charge is 0.300 e. The molecule has 0 fully saturated rings. The van der Waals surface area contributed by atoms with Crippen molar-refractivity contribution in [2.45, 2.75) is 45.4 Å². The van der Waals surface area contributed by atoms with Crippen LogP contribution in [-0.4, -0.2) is 5.78 Å². The maximum absolute atomic E-state index is 11.6. The van der Waals surface area contributed by atoms with Gasteiger partial charge in [-0.15, -0.1) is 0 Å². The van der Waals surface area contributed by atoms with Crippen molar-refractivity contribution in [2.75, 3.05) is 0 Å². The molecule has 1 aliphatic rings. The smallest absolute Gasteiger partial charge is 0.133 e. The van der Waals surface area contributed by atoms with E-state index in [2.05, 4.69) is 38.1 Å². The zero-order chi connectivity index (χ0) is 11.5. The molecule has 1 aromatic rings. The van der Waals surface area contributed by atoms with Gasteiger partial charge in [0.25, 0.3) is 0 Å². The lowest BCUT2D eigenvalue weighted by Gasteiger charge is -2.29. The molecule has 1 nitrogen and oxygen atoms in total. The Labute approximate surface area is 97.9 Å². The number of ketones is 1. The fraction of sp³-hybridized carbons (Fsp3) is 0.533. The normalized spacial score (nSPS) is 18.1. The molecule has 2 rings (SSSR count). The topological polar surface area (TPSA) is 17.1 Å². The molecule has 0 saturated carbocycles. The SMILES string of the molecule is CC(C)CC(=O)CCC1Cc2ccccc21. The summed E-state index contributed by atoms with van der Waals surface area (Å²) in [5.74, 6) is 1.58. The standard InChI is InChI=1S/C15H20O/c1-11(2)9-14(16)8-7-13-10-12-5-3-4-6-15(12)13/h3-6,11,13H,7-10H2,1-2H3. The van der Waals surface area contributed by atoms with Gasteiger partial charge in [0.15, 0.2) is 0 Å². The minimum absolute atomic E-state index is 0.430. The first-order valence-corrected chi connectivity index (χ1v) is 6.26. The zero-order valence-corrected chi connectivity index (χ0v) is 10.2. The Kier molecular flexibility index (Phi) is 3.42. The Hall–Kier alpha value is -1.11. The van der Waals surface area contributed by atoms with Gasteiger partial charge in [-0.2, -0.15) is 0 Å². The average molecular weight is 216 g/mol. The summed E-state index contributed by atoms with van der Waals surface area (Å²) in [6, 6.07) is 8.60. The summed E-state index contributed by atoms with van der Waals surface area (Å²) < 4.78 is 0. The fourth-order valence-corrected chi connectivity index (χ4v) is 2.51. The summed E-state index contributed by atoms with van der Waals surface area (Å²) in [5.41, 5.74) is 2.95. The Balaban J connectivity index is 1.80. The van der Waals surface area contributed by atoms with E-state index < -0.39 is 0 Å². The highest BCUT2D eigenvalue weighted by Crippen LogP contribution is 2.38. The molecule has 16 heavy (non-hydrogen) atoms. The molecule has 1 unspecified atom stereocenters. The number of carbonyl (C=O) groups excluding carboxylic acids is 1. The predicted octanol–water partition coefficient (Wildman–Crippen LogP) is 3.72. The third kappa shape index (κ3) is 2.52. The highest BCUT2D eigenvalue weighted by molar-refractivity contribution is 5.78. The van der Waals surface area contributed by atoms with Gasteiger partial charge in [-0.25, -0.2) is 0 Å². The number of fused-ring (bicyclic) bond motifs is 1. The van der Waals surface area contributed by atoms with E-state index in [1.807, 2.05) is 0 Å². The lowest BCUT2D eigenvalue weighted by atomic mass is 9.75. The number of hydrogen-bond donors (Lipinski definition) is 0. The van der Waals surface area contributed by atoms with Gasteiger partial charge in [0.1, 0.15) is 5.78 Å². The second kappa shape index (κ2) is 4.82. The summed E-state index contributed by atoms with van der Waals surface area (Å²) >= 11 is 0. The van der Waals surface area contributed by atoms with Crippen LogP contribution < -0.4 is 0 Å². The first-order chi connectivity index (χ1) is 7.66. The second-order valence-electron chi connectivity index (χ2n) is 5.28. The molecule has 1 atom stereocenters. The van der Waals surface area contributed by atoms with E-state index in [0.717, 1.165) is 19.3 Å². The Morgan fingerprint density at radius 1 is 1.38 bits per heavy atom. The molecular weight excluding hydrogens is 196 g/mol. The van der Waals surface area contributed by atoms with Crippen LogP contribution in [0, 0.1) is 5.92 Å². The molecule has 0 radical (unpaired) electrons. The van der Waals surface area contributed by atoms with E-state index in [1.54, 1.807) is 0 Å². The molecule has 0 aromatic heterocycles. The van der Waals surface area contributed by atoms with Gasteiger partial charge in [-0.3, -0.25) is 4.79 Å². The molecule has 1 aliphatic carbocycles. The Morgan fingerprint density at radius 3 is 2.81 bits per heavy atom. The number of Topliss-reactive ketones (excluding diaryl/α,β-unsaturated/α-hetero) is 1. The van der Waals surface area contributed by atoms with E-state index in [9.17, 15) is 4.79 Å². The lowest BCUT2D eigenvalue weighted by molar-refractivity contribution is -0.119. The number of benzene rings is 1. The minimum atomic E-state index is 0.430. The fourth-order valence-electron chi connectivity index (χ4n) is 2.51. The van der Waals surface area contributed by atoms with Crippen LogP contribution in [0.4, 0.5) is 0 Å². The van der Waals surface area contributed by atoms with Crippen LogP contribution in [0.3, 0.4) is 0 Å². The van der Waals surface area contributed by atoms with Crippen LogP contribution in [0.2, 0.25) is 0 Å². The van der Waals surface area contributed by atoms with Crippen molar-refractivity contribution in [3.63, 3.8) is 0 Å². The molecule has 0 saturated heterocycles. The van der Waals surface area contributed by atoms with Gasteiger partial charge in [0, 0.05) is 12.8 Å². The molecule has 0 amide bonds. The van der Waals surface area contributed by atoms with Crippen molar-refractivity contribution in [1.29, 1.82) is 0 Å². The van der Waals surface area contributed by atoms with Crippen LogP contribution in [0.15, 0.2) is 24.3 Å². The number of hydrogen-bond acceptors (Lipinski definition) is 1. The zero-order valence-electron chi connectivity index (χ0n) is 10.2. The van der Waals surface area contributed by atoms with Crippen LogP contribution in [0.5, 0.6) is 0 Å². The average Bonchev–Trinajstić information content (AvgIpc) is 2.18. The summed E-state index contributed by atoms with van der Waals surface area (Å²) in [6.45, 7) is 4.22. The maximum atomic E-state index is 11.6. The highest BCUT2D eigenvalue weighted by Gasteiger charge is 2.25. The van der Waals surface area contributed by atoms with Crippen molar-refractivity contribution in [2.24, 2.45) is 5.92 Å². The van der Waals surface area contributed by atoms with Gasteiger partial charge in [-0.05, 0) is 35.8 Å². The van der Waals surface area contributed by atoms with E-state index in [4.69, 9.17) is 0 Å². The van der Waals surface area contributed by atoms with E-state index >= 15 is 0 Å². The third-order valence-corrected chi connectivity index (χ3v) is 3.37. The van der Waals surface area contributed by atoms with E-state index in [0.29, 0.717) is 17.6 Å². The highest BCUT2D eigenvalue weighted by atomic mass is 16.1. The van der Waals surface area contributed by atoms with Crippen LogP contribution in [0.1, 0.15) is 50.2 Å². The van der Waals surface area contributed by atoms with Gasteiger partial charge in [-0.1, -0.05) is 38.1 Å². The van der Waals surface area contributed by atoms with Crippen LogP contribution in [-0.2, 0) is 11.2 Å². The van der Waals surface area contributed by atoms with Crippen LogP contribution >= 0.6 is 0 Å². The maximum Gasteiger partial charge on any atom is 0.133 e. The first-order valence-electron chi connectivity index (χ1n) is 6.26. The van der Waals surface area contributed by atoms with Crippen molar-refractivity contribution in [3.05, 3.63) is 35.4 Å². The van der Waals surface area contributed by atoms with E-state index in [-0.39, 0.29) is 0 Å². The minimum Gasteiger partial charge on any atom is -0.300 e. The van der Waals surface area contributed by atoms with Gasteiger partial charge in [0.2, 0.25) is 0 Å². The van der Waals surface area contributed by atoms with Gasteiger partial charge < -0.3 is 0 Å². The number of rotatable bonds is 5. The molecule has 0 spiro atoms. The summed E-state index contributed by atoms with van der Waals surface area (Å²) in [7, 11) is 0. The quantitative estimate of drug-likeness (QED) is 0.733. The monoisotopic (exact) mass is 216 g/mol. The molecule has 0 N–H and O–H groups in total. The Bertz CT molecular complexity index is 379. The lowest BCUT2D eigenvalue weighted by Crippen LogP contribution is -2.18. The van der Waals surface area contributed by atoms with E-state index in [1.165, 1.54) is 17.5 Å². The molecule has 0 bridgehead atoms. The molecule has 86 valence electrons. The first kappa shape index (κ1) is 11.4. The van der Waals surface area contributed by atoms with Crippen molar-refractivity contribution in [1.82, 2.24) is 0 Å². The van der Waals surface area contributed by atoms with Crippen molar-refractivity contribution < 1.29 is 4.79 Å². The third-order valence-electron chi connectivity index (χ3n) is 3.37. The van der Waals surface area contributed by atoms with Gasteiger partial charge in [0.05, 0.1) is 0 Å². The number of carbonyl (C=O) groups is 1. The van der Waals surface area contributed by atoms with Crippen molar-refractivity contribution >= 4 is 5.78 Å². The second-order valence-corrected chi connectivity index (χ2v) is 5.28. The molecular formula is C15H20O. The molecule has 1 aromatic carbocycles. The molecule has 0 heterocycles. The summed E-state index contributed by atoms with van der Waals surface area (Å²) in [5, 5.41) is 0. The predicted molar refractivity (Wildman–Crippen MR) is 66.6 cm³/mol. The summed E-state index contributed by atoms with van der Waals surface area (Å²) in [4.78, 5) is 11.6. The van der Waals surface area contributed by atoms with Crippen LogP contribution in [0.25, 0.3) is 0 Å². The Morgan fingerprint density at radius 2 is 2.12 bits per heavy atom. The van der Waals surface area contributed by atoms with Crippen molar-refractivity contribution in [3.8, 4) is 0 Å².